The van der Waals surface area contributed by atoms with Gasteiger partial charge in [0.05, 0.1) is 5.69 Å². The van der Waals surface area contributed by atoms with Crippen LogP contribution >= 0.6 is 0 Å². The summed E-state index contributed by atoms with van der Waals surface area (Å²) in [5, 5.41) is 4.49. The number of ketones is 1. The molecule has 0 aromatic carbocycles. The van der Waals surface area contributed by atoms with E-state index in [9.17, 15) is 4.79 Å². The van der Waals surface area contributed by atoms with E-state index in [-0.39, 0.29) is 0 Å². The zero-order valence-electron chi connectivity index (χ0n) is 10.9. The standard InChI is InChI=1S/C14H22N2O/c1-3-12-9-13(16(4-2)15-12)10-14(17)11-7-5-6-8-11/h9,11H,3-8,10H2,1-2H3. The predicted octanol–water partition coefficient (Wildman–Crippen LogP) is 2.77. The predicted molar refractivity (Wildman–Crippen MR) is 67.9 cm³/mol. The number of rotatable bonds is 5. The van der Waals surface area contributed by atoms with Gasteiger partial charge in [0, 0.05) is 24.6 Å². The summed E-state index contributed by atoms with van der Waals surface area (Å²) in [6, 6.07) is 2.09. The van der Waals surface area contributed by atoms with E-state index in [0.717, 1.165) is 37.2 Å². The average molecular weight is 234 g/mol. The number of carbonyl (C=O) groups excluding carboxylic acids is 1. The van der Waals surface area contributed by atoms with Gasteiger partial charge < -0.3 is 0 Å². The summed E-state index contributed by atoms with van der Waals surface area (Å²) in [7, 11) is 0. The fraction of sp³-hybridized carbons (Fsp3) is 0.714. The summed E-state index contributed by atoms with van der Waals surface area (Å²) >= 11 is 0. The van der Waals surface area contributed by atoms with Crippen molar-refractivity contribution in [1.82, 2.24) is 9.78 Å². The summed E-state index contributed by atoms with van der Waals surface area (Å²) in [6.45, 7) is 5.04. The van der Waals surface area contributed by atoms with Gasteiger partial charge in [-0.25, -0.2) is 0 Å². The van der Waals surface area contributed by atoms with E-state index in [2.05, 4.69) is 25.0 Å². The van der Waals surface area contributed by atoms with Gasteiger partial charge in [-0.1, -0.05) is 19.8 Å². The number of hydrogen-bond donors (Lipinski definition) is 0. The molecule has 1 aromatic heterocycles. The van der Waals surface area contributed by atoms with E-state index >= 15 is 0 Å². The van der Waals surface area contributed by atoms with Crippen molar-refractivity contribution in [2.45, 2.75) is 58.9 Å². The van der Waals surface area contributed by atoms with Gasteiger partial charge in [-0.05, 0) is 32.3 Å². The highest BCUT2D eigenvalue weighted by Gasteiger charge is 2.23. The monoisotopic (exact) mass is 234 g/mol. The van der Waals surface area contributed by atoms with Crippen molar-refractivity contribution >= 4 is 5.78 Å². The van der Waals surface area contributed by atoms with Crippen LogP contribution in [0, 0.1) is 5.92 Å². The Bertz CT molecular complexity index is 389. The molecule has 17 heavy (non-hydrogen) atoms. The Morgan fingerprint density at radius 2 is 2.12 bits per heavy atom. The Kier molecular flexibility index (Phi) is 3.97. The second-order valence-electron chi connectivity index (χ2n) is 4.92. The summed E-state index contributed by atoms with van der Waals surface area (Å²) in [4.78, 5) is 12.1. The molecule has 1 heterocycles. The first-order valence-corrected chi connectivity index (χ1v) is 6.82. The molecule has 0 saturated heterocycles. The molecule has 0 spiro atoms. The fourth-order valence-corrected chi connectivity index (χ4v) is 2.67. The Labute approximate surface area is 103 Å². The molecule has 0 aliphatic heterocycles. The smallest absolute Gasteiger partial charge is 0.141 e. The highest BCUT2D eigenvalue weighted by Crippen LogP contribution is 2.26. The minimum absolute atomic E-state index is 0.320. The van der Waals surface area contributed by atoms with Crippen LogP contribution in [0.4, 0.5) is 0 Å². The molecule has 0 bridgehead atoms. The first-order valence-electron chi connectivity index (χ1n) is 6.82. The van der Waals surface area contributed by atoms with E-state index in [1.807, 2.05) is 4.68 Å². The van der Waals surface area contributed by atoms with Gasteiger partial charge in [0.2, 0.25) is 0 Å². The van der Waals surface area contributed by atoms with E-state index in [0.29, 0.717) is 18.1 Å². The lowest BCUT2D eigenvalue weighted by Gasteiger charge is -2.08. The molecule has 2 rings (SSSR count). The second-order valence-corrected chi connectivity index (χ2v) is 4.92. The van der Waals surface area contributed by atoms with Crippen LogP contribution in [0.3, 0.4) is 0 Å². The SMILES string of the molecule is CCc1cc(CC(=O)C2CCCC2)n(CC)n1. The Balaban J connectivity index is 2.06. The third kappa shape index (κ3) is 2.76. The first kappa shape index (κ1) is 12.3. The van der Waals surface area contributed by atoms with Crippen LogP contribution in [0.5, 0.6) is 0 Å². The van der Waals surface area contributed by atoms with Gasteiger partial charge >= 0.3 is 0 Å². The van der Waals surface area contributed by atoms with Crippen LogP contribution in [0.25, 0.3) is 0 Å². The molecule has 0 atom stereocenters. The molecule has 1 aliphatic carbocycles. The number of aromatic nitrogens is 2. The van der Waals surface area contributed by atoms with Gasteiger partial charge in [0.25, 0.3) is 0 Å². The van der Waals surface area contributed by atoms with Crippen LogP contribution in [-0.2, 0) is 24.2 Å². The van der Waals surface area contributed by atoms with Crippen molar-refractivity contribution in [1.29, 1.82) is 0 Å². The maximum atomic E-state index is 12.1. The summed E-state index contributed by atoms with van der Waals surface area (Å²) in [6.07, 6.45) is 6.16. The van der Waals surface area contributed by atoms with Gasteiger partial charge in [0.1, 0.15) is 5.78 Å². The molecule has 1 fully saturated rings. The fourth-order valence-electron chi connectivity index (χ4n) is 2.67. The zero-order chi connectivity index (χ0) is 12.3. The van der Waals surface area contributed by atoms with E-state index in [1.54, 1.807) is 0 Å². The summed E-state index contributed by atoms with van der Waals surface area (Å²) in [5.74, 6) is 0.736. The third-order valence-corrected chi connectivity index (χ3v) is 3.74. The van der Waals surface area contributed by atoms with Crippen LogP contribution in [0.2, 0.25) is 0 Å². The lowest BCUT2D eigenvalue weighted by atomic mass is 9.99. The minimum Gasteiger partial charge on any atom is -0.299 e. The average Bonchev–Trinajstić information content (AvgIpc) is 2.97. The molecule has 1 aromatic rings. The molecular formula is C14H22N2O. The highest BCUT2D eigenvalue weighted by atomic mass is 16.1. The zero-order valence-corrected chi connectivity index (χ0v) is 10.9. The Hall–Kier alpha value is -1.12. The molecule has 3 nitrogen and oxygen atoms in total. The topological polar surface area (TPSA) is 34.9 Å². The number of hydrogen-bond acceptors (Lipinski definition) is 2. The molecule has 3 heteroatoms. The van der Waals surface area contributed by atoms with E-state index < -0.39 is 0 Å². The first-order chi connectivity index (χ1) is 8.24. The second kappa shape index (κ2) is 5.48. The third-order valence-electron chi connectivity index (χ3n) is 3.74. The van der Waals surface area contributed by atoms with Crippen LogP contribution in [-0.4, -0.2) is 15.6 Å². The van der Waals surface area contributed by atoms with Gasteiger partial charge in [-0.15, -0.1) is 0 Å². The summed E-state index contributed by atoms with van der Waals surface area (Å²) in [5.41, 5.74) is 2.20. The molecular weight excluding hydrogens is 212 g/mol. The van der Waals surface area contributed by atoms with Crippen molar-refractivity contribution in [2.75, 3.05) is 0 Å². The maximum Gasteiger partial charge on any atom is 0.141 e. The number of aryl methyl sites for hydroxylation is 2. The quantitative estimate of drug-likeness (QED) is 0.785. The van der Waals surface area contributed by atoms with Crippen molar-refractivity contribution in [2.24, 2.45) is 5.92 Å². The molecule has 0 radical (unpaired) electrons. The van der Waals surface area contributed by atoms with Gasteiger partial charge in [-0.3, -0.25) is 9.48 Å². The number of nitrogens with zero attached hydrogens (tertiary/aromatic N) is 2. The van der Waals surface area contributed by atoms with Gasteiger partial charge in [-0.2, -0.15) is 5.10 Å². The molecule has 0 unspecified atom stereocenters. The van der Waals surface area contributed by atoms with Gasteiger partial charge in [0.15, 0.2) is 0 Å². The Morgan fingerprint density at radius 1 is 1.41 bits per heavy atom. The van der Waals surface area contributed by atoms with Crippen molar-refractivity contribution in [3.63, 3.8) is 0 Å². The normalized spacial score (nSPS) is 16.6. The van der Waals surface area contributed by atoms with Crippen molar-refractivity contribution in [3.05, 3.63) is 17.5 Å². The highest BCUT2D eigenvalue weighted by molar-refractivity contribution is 5.83. The maximum absolute atomic E-state index is 12.1. The molecule has 1 aliphatic rings. The molecule has 0 amide bonds. The molecule has 0 N–H and O–H groups in total. The summed E-state index contributed by atoms with van der Waals surface area (Å²) < 4.78 is 1.98. The van der Waals surface area contributed by atoms with Crippen molar-refractivity contribution < 1.29 is 4.79 Å². The van der Waals surface area contributed by atoms with Crippen LogP contribution < -0.4 is 0 Å². The largest absolute Gasteiger partial charge is 0.299 e. The van der Waals surface area contributed by atoms with Crippen LogP contribution in [0.15, 0.2) is 6.07 Å². The lowest BCUT2D eigenvalue weighted by Crippen LogP contribution is -2.16. The Morgan fingerprint density at radius 3 is 2.71 bits per heavy atom. The number of Topliss-reactive ketones (excluding diaryl/α,β-unsaturated/α-hetero) is 1. The lowest BCUT2D eigenvalue weighted by molar-refractivity contribution is -0.122. The van der Waals surface area contributed by atoms with Crippen LogP contribution in [0.1, 0.15) is 50.9 Å². The minimum atomic E-state index is 0.320. The number of carbonyl (C=O) groups is 1. The van der Waals surface area contributed by atoms with Crippen molar-refractivity contribution in [3.8, 4) is 0 Å². The van der Waals surface area contributed by atoms with E-state index in [4.69, 9.17) is 0 Å². The van der Waals surface area contributed by atoms with E-state index in [1.165, 1.54) is 12.8 Å². The molecule has 94 valence electrons. The molecule has 1 saturated carbocycles.